The molecular weight excluding hydrogens is 168 g/mol. The monoisotopic (exact) mass is 181 g/mol. The van der Waals surface area contributed by atoms with Gasteiger partial charge in [-0.2, -0.15) is 0 Å². The second kappa shape index (κ2) is 3.67. The van der Waals surface area contributed by atoms with E-state index in [2.05, 4.69) is 56.3 Å². The highest BCUT2D eigenvalue weighted by Gasteiger charge is 1.98. The quantitative estimate of drug-likeness (QED) is 0.628. The Kier molecular flexibility index (Phi) is 2.36. The minimum absolute atomic E-state index is 1.17. The Labute approximate surface area is 85.2 Å². The van der Waals surface area contributed by atoms with Crippen LogP contribution in [0.1, 0.15) is 11.1 Å². The maximum atomic E-state index is 3.39. The minimum atomic E-state index is 1.17. The largest absolute Gasteiger partial charge is 0.0622 e. The lowest BCUT2D eigenvalue weighted by molar-refractivity contribution is 1.33. The van der Waals surface area contributed by atoms with Crippen LogP contribution in [0.2, 0.25) is 0 Å². The van der Waals surface area contributed by atoms with Crippen molar-refractivity contribution in [2.75, 3.05) is 0 Å². The first-order chi connectivity index (χ1) is 6.77. The van der Waals surface area contributed by atoms with Crippen LogP contribution in [0.5, 0.6) is 0 Å². The lowest BCUT2D eigenvalue weighted by Crippen LogP contribution is -1.83. The Morgan fingerprint density at radius 2 is 1.57 bits per heavy atom. The first-order valence-corrected chi connectivity index (χ1v) is 4.82. The van der Waals surface area contributed by atoms with Crippen LogP contribution in [0.25, 0.3) is 11.1 Å². The van der Waals surface area contributed by atoms with Gasteiger partial charge in [-0.3, -0.25) is 0 Å². The molecule has 0 aromatic heterocycles. The molecule has 0 bridgehead atoms. The second-order valence-corrected chi connectivity index (χ2v) is 3.55. The summed E-state index contributed by atoms with van der Waals surface area (Å²) in [5, 5.41) is 0. The highest BCUT2D eigenvalue weighted by molar-refractivity contribution is 5.63. The van der Waals surface area contributed by atoms with E-state index in [1.807, 2.05) is 6.07 Å². The van der Waals surface area contributed by atoms with Gasteiger partial charge in [-0.1, -0.05) is 42.5 Å². The molecule has 0 aliphatic carbocycles. The summed E-state index contributed by atoms with van der Waals surface area (Å²) in [6.45, 7) is 4.21. The fraction of sp³-hybridized carbons (Fsp3) is 0.143. The number of hydrogen-bond acceptors (Lipinski definition) is 0. The molecule has 0 aliphatic heterocycles. The zero-order valence-electron chi connectivity index (χ0n) is 8.54. The van der Waals surface area contributed by atoms with Gasteiger partial charge in [0.1, 0.15) is 0 Å². The molecule has 0 aliphatic rings. The average molecular weight is 181 g/mol. The van der Waals surface area contributed by atoms with E-state index in [0.717, 1.165) is 0 Å². The van der Waals surface area contributed by atoms with Gasteiger partial charge >= 0.3 is 0 Å². The van der Waals surface area contributed by atoms with Crippen LogP contribution in [0, 0.1) is 19.9 Å². The maximum Gasteiger partial charge on any atom is -0.00645 e. The lowest BCUT2D eigenvalue weighted by Gasteiger charge is -2.04. The van der Waals surface area contributed by atoms with Crippen molar-refractivity contribution in [3.05, 3.63) is 59.7 Å². The molecule has 0 atom stereocenters. The molecule has 0 nitrogen and oxygen atoms in total. The summed E-state index contributed by atoms with van der Waals surface area (Å²) in [4.78, 5) is 0. The Morgan fingerprint density at radius 3 is 2.21 bits per heavy atom. The zero-order chi connectivity index (χ0) is 9.97. The fourth-order valence-corrected chi connectivity index (χ4v) is 1.46. The van der Waals surface area contributed by atoms with E-state index in [1.54, 1.807) is 0 Å². The second-order valence-electron chi connectivity index (χ2n) is 3.55. The molecule has 0 heterocycles. The van der Waals surface area contributed by atoms with Crippen molar-refractivity contribution in [1.29, 1.82) is 0 Å². The van der Waals surface area contributed by atoms with Crippen LogP contribution >= 0.6 is 0 Å². The van der Waals surface area contributed by atoms with Gasteiger partial charge in [0.15, 0.2) is 0 Å². The van der Waals surface area contributed by atoms with Crippen LogP contribution in [0.15, 0.2) is 42.5 Å². The number of benzene rings is 2. The van der Waals surface area contributed by atoms with Crippen LogP contribution in [0.4, 0.5) is 0 Å². The van der Waals surface area contributed by atoms with Crippen LogP contribution in [-0.4, -0.2) is 0 Å². The van der Waals surface area contributed by atoms with Gasteiger partial charge in [0.25, 0.3) is 0 Å². The summed E-state index contributed by atoms with van der Waals surface area (Å²) >= 11 is 0. The normalized spacial score (nSPS) is 10.1. The summed E-state index contributed by atoms with van der Waals surface area (Å²) in [5.41, 5.74) is 4.93. The smallest absolute Gasteiger partial charge is 0.00645 e. The minimum Gasteiger partial charge on any atom is -0.0622 e. The van der Waals surface area contributed by atoms with E-state index in [9.17, 15) is 0 Å². The number of aryl methyl sites for hydroxylation is 2. The SMILES string of the molecule is Cc1[c]c(-c2ccccc2)ccc1C. The topological polar surface area (TPSA) is 0 Å². The van der Waals surface area contributed by atoms with E-state index >= 15 is 0 Å². The van der Waals surface area contributed by atoms with Crippen molar-refractivity contribution < 1.29 is 0 Å². The van der Waals surface area contributed by atoms with Crippen molar-refractivity contribution in [2.24, 2.45) is 0 Å². The Hall–Kier alpha value is -1.56. The first kappa shape index (κ1) is 9.01. The van der Waals surface area contributed by atoms with Gasteiger partial charge in [-0.15, -0.1) is 0 Å². The fourth-order valence-electron chi connectivity index (χ4n) is 1.46. The molecule has 0 spiro atoms. The van der Waals surface area contributed by atoms with Crippen molar-refractivity contribution in [1.82, 2.24) is 0 Å². The molecule has 0 heteroatoms. The Balaban J connectivity index is 2.48. The van der Waals surface area contributed by atoms with E-state index < -0.39 is 0 Å². The third-order valence-corrected chi connectivity index (χ3v) is 2.50. The molecule has 69 valence electrons. The molecule has 1 radical (unpaired) electrons. The van der Waals surface area contributed by atoms with Crippen molar-refractivity contribution >= 4 is 0 Å². The van der Waals surface area contributed by atoms with Crippen molar-refractivity contribution in [3.63, 3.8) is 0 Å². The molecule has 0 saturated carbocycles. The van der Waals surface area contributed by atoms with Gasteiger partial charge in [0.2, 0.25) is 0 Å². The summed E-state index contributed by atoms with van der Waals surface area (Å²) in [5.74, 6) is 0. The van der Waals surface area contributed by atoms with Gasteiger partial charge in [0, 0.05) is 0 Å². The highest BCUT2D eigenvalue weighted by Crippen LogP contribution is 2.20. The van der Waals surface area contributed by atoms with E-state index in [1.165, 1.54) is 22.3 Å². The molecule has 0 amide bonds. The van der Waals surface area contributed by atoms with Crippen LogP contribution < -0.4 is 0 Å². The molecule has 2 rings (SSSR count). The first-order valence-electron chi connectivity index (χ1n) is 4.82. The van der Waals surface area contributed by atoms with Crippen molar-refractivity contribution in [3.8, 4) is 11.1 Å². The summed E-state index contributed by atoms with van der Waals surface area (Å²) < 4.78 is 0. The molecule has 2 aromatic carbocycles. The summed E-state index contributed by atoms with van der Waals surface area (Å²) in [7, 11) is 0. The van der Waals surface area contributed by atoms with E-state index in [-0.39, 0.29) is 0 Å². The van der Waals surface area contributed by atoms with Crippen LogP contribution in [0.3, 0.4) is 0 Å². The number of rotatable bonds is 1. The van der Waals surface area contributed by atoms with E-state index in [4.69, 9.17) is 0 Å². The van der Waals surface area contributed by atoms with Gasteiger partial charge in [-0.05, 0) is 42.2 Å². The molecular formula is C14H13. The Bertz CT molecular complexity index is 427. The molecule has 0 N–H and O–H groups in total. The van der Waals surface area contributed by atoms with Crippen molar-refractivity contribution in [2.45, 2.75) is 13.8 Å². The highest BCUT2D eigenvalue weighted by atomic mass is 14.0. The Morgan fingerprint density at radius 1 is 0.857 bits per heavy atom. The van der Waals surface area contributed by atoms with E-state index in [0.29, 0.717) is 0 Å². The third kappa shape index (κ3) is 1.69. The molecule has 0 fully saturated rings. The van der Waals surface area contributed by atoms with Gasteiger partial charge in [-0.25, -0.2) is 0 Å². The molecule has 0 unspecified atom stereocenters. The predicted molar refractivity (Wildman–Crippen MR) is 60.2 cm³/mol. The zero-order valence-corrected chi connectivity index (χ0v) is 8.54. The molecule has 0 saturated heterocycles. The maximum absolute atomic E-state index is 3.39. The third-order valence-electron chi connectivity index (χ3n) is 2.50. The molecule has 2 aromatic rings. The van der Waals surface area contributed by atoms with Gasteiger partial charge in [0.05, 0.1) is 0 Å². The summed E-state index contributed by atoms with van der Waals surface area (Å²) in [6, 6.07) is 18.0. The van der Waals surface area contributed by atoms with Gasteiger partial charge < -0.3 is 0 Å². The predicted octanol–water partition coefficient (Wildman–Crippen LogP) is 3.77. The standard InChI is InChI=1S/C14H13/c1-11-8-9-14(10-12(11)2)13-6-4-3-5-7-13/h3-9H,1-2H3. The summed E-state index contributed by atoms with van der Waals surface area (Å²) in [6.07, 6.45) is 0. The lowest BCUT2D eigenvalue weighted by atomic mass is 10.0. The number of hydrogen-bond donors (Lipinski definition) is 0. The average Bonchev–Trinajstić information content (AvgIpc) is 2.23. The molecule has 14 heavy (non-hydrogen) atoms. The van der Waals surface area contributed by atoms with Crippen LogP contribution in [-0.2, 0) is 0 Å².